The van der Waals surface area contributed by atoms with Gasteiger partial charge in [0, 0.05) is 31.5 Å². The molecule has 0 atom stereocenters. The van der Waals surface area contributed by atoms with Crippen LogP contribution in [0.25, 0.3) is 0 Å². The number of aromatic nitrogens is 4. The summed E-state index contributed by atoms with van der Waals surface area (Å²) >= 11 is 0. The lowest BCUT2D eigenvalue weighted by Gasteiger charge is -2.40. The van der Waals surface area contributed by atoms with Crippen molar-refractivity contribution in [3.63, 3.8) is 0 Å². The maximum atomic E-state index is 14.0. The van der Waals surface area contributed by atoms with E-state index in [2.05, 4.69) is 22.2 Å². The van der Waals surface area contributed by atoms with E-state index in [4.69, 9.17) is 9.47 Å². The van der Waals surface area contributed by atoms with E-state index < -0.39 is 23.6 Å². The number of amides is 1. The van der Waals surface area contributed by atoms with Crippen LogP contribution in [0.4, 0.5) is 18.9 Å². The summed E-state index contributed by atoms with van der Waals surface area (Å²) in [5.41, 5.74) is -0.910. The van der Waals surface area contributed by atoms with Crippen LogP contribution in [-0.4, -0.2) is 56.2 Å². The van der Waals surface area contributed by atoms with E-state index in [1.807, 2.05) is 0 Å². The molecule has 2 saturated carbocycles. The van der Waals surface area contributed by atoms with Crippen LogP contribution in [0, 0.1) is 11.8 Å². The van der Waals surface area contributed by atoms with Gasteiger partial charge >= 0.3 is 12.1 Å². The third kappa shape index (κ3) is 7.20. The van der Waals surface area contributed by atoms with E-state index in [0.717, 1.165) is 50.7 Å². The second-order valence-corrected chi connectivity index (χ2v) is 11.7. The number of hydrogen-bond acceptors (Lipinski definition) is 7. The van der Waals surface area contributed by atoms with Crippen molar-refractivity contribution in [3.8, 4) is 11.6 Å². The molecular formula is C31H36F3N5O5. The molecule has 0 unspecified atom stereocenters. The molecule has 10 nitrogen and oxygen atoms in total. The smallest absolute Gasteiger partial charge is 0.421 e. The highest BCUT2D eigenvalue weighted by atomic mass is 19.4. The van der Waals surface area contributed by atoms with Crippen molar-refractivity contribution in [1.82, 2.24) is 20.0 Å². The van der Waals surface area contributed by atoms with Crippen LogP contribution in [0.3, 0.4) is 0 Å². The number of carboxylic acids is 1. The molecule has 1 amide bonds. The predicted molar refractivity (Wildman–Crippen MR) is 153 cm³/mol. The van der Waals surface area contributed by atoms with Gasteiger partial charge in [-0.15, -0.1) is 5.10 Å². The van der Waals surface area contributed by atoms with Crippen LogP contribution in [-0.2, 0) is 22.3 Å². The van der Waals surface area contributed by atoms with E-state index in [-0.39, 0.29) is 53.1 Å². The maximum Gasteiger partial charge on any atom is 0.421 e. The molecule has 1 aromatic carbocycles. The largest absolute Gasteiger partial charge is 0.478 e. The van der Waals surface area contributed by atoms with Gasteiger partial charge in [-0.05, 0) is 87.1 Å². The lowest BCUT2D eigenvalue weighted by Crippen LogP contribution is -2.47. The van der Waals surface area contributed by atoms with Gasteiger partial charge in [0.2, 0.25) is 11.8 Å². The first-order valence-corrected chi connectivity index (χ1v) is 14.8. The normalized spacial score (nSPS) is 22.4. The number of rotatable bonds is 9. The zero-order chi connectivity index (χ0) is 31.4. The van der Waals surface area contributed by atoms with Crippen LogP contribution in [0.2, 0.25) is 0 Å². The lowest BCUT2D eigenvalue weighted by molar-refractivity contribution is -0.139. The Morgan fingerprint density at radius 1 is 1.07 bits per heavy atom. The number of methoxy groups -OCH3 is 1. The minimum Gasteiger partial charge on any atom is -0.478 e. The van der Waals surface area contributed by atoms with E-state index in [9.17, 15) is 27.9 Å². The molecule has 1 N–H and O–H groups in total. The molecule has 5 rings (SSSR count). The summed E-state index contributed by atoms with van der Waals surface area (Å²) in [5.74, 6) is -1.99. The van der Waals surface area contributed by atoms with Gasteiger partial charge < -0.3 is 19.5 Å². The molecule has 236 valence electrons. The molecule has 2 fully saturated rings. The van der Waals surface area contributed by atoms with Crippen molar-refractivity contribution in [2.45, 2.75) is 83.2 Å². The molecule has 0 bridgehead atoms. The Morgan fingerprint density at radius 3 is 2.41 bits per heavy atom. The highest BCUT2D eigenvalue weighted by Crippen LogP contribution is 2.40. The van der Waals surface area contributed by atoms with Crippen molar-refractivity contribution in [3.05, 3.63) is 59.5 Å². The Kier molecular flexibility index (Phi) is 9.52. The standard InChI is InChI=1S/C31H36F3N5O5/c1-19-3-5-21(6-4-19)29(40)39(22-7-9-23(43-2)10-8-22)27-12-11-24(16-25(27)30(41)42)44-28-26(31(32,33)34)15-20(17-35-28)18-38-14-13-36-37-38/h11-17,19,21-23H,3-10,18H2,1-2H3,(H,41,42)/t19-,21-,22?,23?. The number of anilines is 1. The van der Waals surface area contributed by atoms with Gasteiger partial charge in [-0.25, -0.2) is 14.5 Å². The monoisotopic (exact) mass is 615 g/mol. The molecule has 2 aromatic heterocycles. The summed E-state index contributed by atoms with van der Waals surface area (Å²) in [6.07, 6.45) is 5.49. The molecule has 2 heterocycles. The number of carboxylic acid groups (broad SMARTS) is 1. The number of hydrogen-bond donors (Lipinski definition) is 1. The summed E-state index contributed by atoms with van der Waals surface area (Å²) in [7, 11) is 1.65. The van der Waals surface area contributed by atoms with E-state index in [1.54, 1.807) is 12.0 Å². The number of benzene rings is 1. The van der Waals surface area contributed by atoms with Gasteiger partial charge in [0.15, 0.2) is 0 Å². The molecule has 13 heteroatoms. The van der Waals surface area contributed by atoms with E-state index in [1.165, 1.54) is 35.4 Å². The number of carbonyl (C=O) groups excluding carboxylic acids is 1. The van der Waals surface area contributed by atoms with Crippen LogP contribution in [0.1, 0.15) is 79.8 Å². The molecule has 2 aliphatic carbocycles. The van der Waals surface area contributed by atoms with Crippen LogP contribution < -0.4 is 9.64 Å². The number of ether oxygens (including phenoxy) is 2. The number of aromatic carboxylic acids is 1. The first-order chi connectivity index (χ1) is 21.0. The Labute approximate surface area is 253 Å². The summed E-state index contributed by atoms with van der Waals surface area (Å²) in [4.78, 5) is 32.1. The van der Waals surface area contributed by atoms with Gasteiger partial charge in [0.1, 0.15) is 11.3 Å². The Balaban J connectivity index is 1.47. The minimum absolute atomic E-state index is 0.0181. The highest BCUT2D eigenvalue weighted by Gasteiger charge is 2.38. The molecule has 3 aromatic rings. The summed E-state index contributed by atoms with van der Waals surface area (Å²) < 4.78 is 54.5. The van der Waals surface area contributed by atoms with E-state index >= 15 is 0 Å². The zero-order valence-electron chi connectivity index (χ0n) is 24.7. The van der Waals surface area contributed by atoms with Gasteiger partial charge in [0.25, 0.3) is 0 Å². The fraction of sp³-hybridized carbons (Fsp3) is 0.516. The Morgan fingerprint density at radius 2 is 1.80 bits per heavy atom. The lowest BCUT2D eigenvalue weighted by atomic mass is 9.81. The number of nitrogens with zero attached hydrogens (tertiary/aromatic N) is 5. The average molecular weight is 616 g/mol. The third-order valence-electron chi connectivity index (χ3n) is 8.65. The summed E-state index contributed by atoms with van der Waals surface area (Å²) in [6, 6.07) is 4.69. The molecule has 44 heavy (non-hydrogen) atoms. The molecular weight excluding hydrogens is 579 g/mol. The first-order valence-electron chi connectivity index (χ1n) is 14.8. The Bertz CT molecular complexity index is 1450. The third-order valence-corrected chi connectivity index (χ3v) is 8.65. The number of pyridine rings is 1. The molecule has 0 spiro atoms. The van der Waals surface area contributed by atoms with Crippen molar-refractivity contribution < 1.29 is 37.3 Å². The van der Waals surface area contributed by atoms with E-state index in [0.29, 0.717) is 18.8 Å². The number of carbonyl (C=O) groups is 2. The molecule has 2 aliphatic rings. The fourth-order valence-corrected chi connectivity index (χ4v) is 6.18. The summed E-state index contributed by atoms with van der Waals surface area (Å²) in [5, 5.41) is 17.6. The highest BCUT2D eigenvalue weighted by molar-refractivity contribution is 6.03. The number of halogens is 3. The van der Waals surface area contributed by atoms with Crippen molar-refractivity contribution in [1.29, 1.82) is 0 Å². The maximum absolute atomic E-state index is 14.0. The molecule has 0 aliphatic heterocycles. The van der Waals surface area contributed by atoms with Gasteiger partial charge in [-0.2, -0.15) is 13.2 Å². The predicted octanol–water partition coefficient (Wildman–Crippen LogP) is 6.35. The topological polar surface area (TPSA) is 120 Å². The number of alkyl halides is 3. The quantitative estimate of drug-likeness (QED) is 0.296. The second-order valence-electron chi connectivity index (χ2n) is 11.7. The SMILES string of the molecule is COC1CCC(N(c2ccc(Oc3ncc(Cn4ccnn4)cc3C(F)(F)F)cc2C(=O)O)C(=O)[C@H]2CC[C@H](C)CC2)CC1. The van der Waals surface area contributed by atoms with Crippen LogP contribution in [0.15, 0.2) is 42.9 Å². The molecule has 0 saturated heterocycles. The van der Waals surface area contributed by atoms with Crippen LogP contribution >= 0.6 is 0 Å². The Hall–Kier alpha value is -4.00. The van der Waals surface area contributed by atoms with Crippen molar-refractivity contribution >= 4 is 17.6 Å². The average Bonchev–Trinajstić information content (AvgIpc) is 3.52. The molecule has 0 radical (unpaired) electrons. The van der Waals surface area contributed by atoms with Crippen LogP contribution in [0.5, 0.6) is 11.6 Å². The second kappa shape index (κ2) is 13.3. The zero-order valence-corrected chi connectivity index (χ0v) is 24.7. The van der Waals surface area contributed by atoms with Crippen molar-refractivity contribution in [2.24, 2.45) is 11.8 Å². The minimum atomic E-state index is -4.79. The van der Waals surface area contributed by atoms with Crippen molar-refractivity contribution in [2.75, 3.05) is 12.0 Å². The van der Waals surface area contributed by atoms with Gasteiger partial charge in [-0.3, -0.25) is 4.79 Å². The van der Waals surface area contributed by atoms with Gasteiger partial charge in [-0.1, -0.05) is 12.1 Å². The summed E-state index contributed by atoms with van der Waals surface area (Å²) in [6.45, 7) is 2.18. The first kappa shape index (κ1) is 31.4. The fourth-order valence-electron chi connectivity index (χ4n) is 6.18. The van der Waals surface area contributed by atoms with Gasteiger partial charge in [0.05, 0.1) is 30.1 Å².